The van der Waals surface area contributed by atoms with Crippen molar-refractivity contribution >= 4 is 11.9 Å². The number of carbonyl (C=O) groups is 1. The number of ketones is 1. The molecule has 0 aliphatic rings. The maximum absolute atomic E-state index is 11.7. The first-order chi connectivity index (χ1) is 7.77. The number of hydrogen-bond acceptors (Lipinski definition) is 3. The van der Waals surface area contributed by atoms with Gasteiger partial charge in [-0.2, -0.15) is 0 Å². The normalized spacial score (nSPS) is 10.8. The zero-order valence-corrected chi connectivity index (χ0v) is 8.42. The third-order valence-electron chi connectivity index (χ3n) is 2.08. The minimum Gasteiger partial charge on any atom is -0.507 e. The number of aromatic amines is 1. The van der Waals surface area contributed by atoms with E-state index < -0.39 is 0 Å². The fourth-order valence-corrected chi connectivity index (χ4v) is 1.30. The van der Waals surface area contributed by atoms with Gasteiger partial charge in [0.1, 0.15) is 11.6 Å². The summed E-state index contributed by atoms with van der Waals surface area (Å²) in [6, 6.07) is 6.42. The second kappa shape index (κ2) is 4.44. The van der Waals surface area contributed by atoms with Gasteiger partial charge < -0.3 is 10.1 Å². The summed E-state index contributed by atoms with van der Waals surface area (Å²) in [5, 5.41) is 9.46. The zero-order valence-electron chi connectivity index (χ0n) is 8.42. The lowest BCUT2D eigenvalue weighted by molar-refractivity contribution is 0.104. The van der Waals surface area contributed by atoms with E-state index in [9.17, 15) is 9.90 Å². The van der Waals surface area contributed by atoms with E-state index in [1.165, 1.54) is 12.1 Å². The average Bonchev–Trinajstić information content (AvgIpc) is 2.79. The van der Waals surface area contributed by atoms with Gasteiger partial charge in [-0.25, -0.2) is 4.98 Å². The molecule has 0 aliphatic carbocycles. The molecule has 0 aliphatic heterocycles. The van der Waals surface area contributed by atoms with Gasteiger partial charge in [-0.1, -0.05) is 12.1 Å². The van der Waals surface area contributed by atoms with Gasteiger partial charge in [0.2, 0.25) is 0 Å². The van der Waals surface area contributed by atoms with Crippen LogP contribution in [0.15, 0.2) is 42.7 Å². The Labute approximate surface area is 92.3 Å². The van der Waals surface area contributed by atoms with Crippen LogP contribution in [0, 0.1) is 0 Å². The van der Waals surface area contributed by atoms with Gasteiger partial charge in [0.25, 0.3) is 0 Å². The molecule has 1 aromatic heterocycles. The highest BCUT2D eigenvalue weighted by atomic mass is 16.3. The summed E-state index contributed by atoms with van der Waals surface area (Å²) >= 11 is 0. The smallest absolute Gasteiger partial charge is 0.189 e. The van der Waals surface area contributed by atoms with Crippen molar-refractivity contribution in [1.82, 2.24) is 9.97 Å². The molecule has 0 radical (unpaired) electrons. The fraction of sp³-hybridized carbons (Fsp3) is 0. The fourth-order valence-electron chi connectivity index (χ4n) is 1.30. The summed E-state index contributed by atoms with van der Waals surface area (Å²) in [5.74, 6) is 0.329. The highest BCUT2D eigenvalue weighted by Crippen LogP contribution is 2.16. The number of phenolic OH excluding ortho intramolecular Hbond substituents is 1. The molecule has 4 heteroatoms. The molecular formula is C12H10N2O2. The number of imidazole rings is 1. The molecule has 1 heterocycles. The predicted molar refractivity (Wildman–Crippen MR) is 60.1 cm³/mol. The average molecular weight is 214 g/mol. The standard InChI is InChI=1S/C12H10N2O2/c15-10-4-2-1-3-9(10)11(16)5-6-12-13-7-8-14-12/h1-8,15H,(H,13,14)/b6-5+. The molecule has 2 N–H and O–H groups in total. The van der Waals surface area contributed by atoms with Crippen LogP contribution in [-0.2, 0) is 0 Å². The number of aromatic nitrogens is 2. The number of aromatic hydroxyl groups is 1. The van der Waals surface area contributed by atoms with Gasteiger partial charge in [-0.3, -0.25) is 4.79 Å². The number of benzene rings is 1. The molecule has 0 saturated heterocycles. The molecule has 0 unspecified atom stereocenters. The molecule has 4 nitrogen and oxygen atoms in total. The monoisotopic (exact) mass is 214 g/mol. The predicted octanol–water partition coefficient (Wildman–Crippen LogP) is 2.01. The van der Waals surface area contributed by atoms with Crippen molar-refractivity contribution in [3.8, 4) is 5.75 Å². The number of phenols is 1. The molecule has 0 fully saturated rings. The molecule has 0 amide bonds. The summed E-state index contributed by atoms with van der Waals surface area (Å²) in [7, 11) is 0. The van der Waals surface area contributed by atoms with E-state index in [2.05, 4.69) is 9.97 Å². The van der Waals surface area contributed by atoms with Crippen molar-refractivity contribution in [3.63, 3.8) is 0 Å². The van der Waals surface area contributed by atoms with Crippen LogP contribution >= 0.6 is 0 Å². The number of nitrogens with zero attached hydrogens (tertiary/aromatic N) is 1. The maximum atomic E-state index is 11.7. The van der Waals surface area contributed by atoms with Crippen molar-refractivity contribution in [2.24, 2.45) is 0 Å². The SMILES string of the molecule is O=C(/C=C/c1ncc[nH]1)c1ccccc1O. The Kier molecular flexibility index (Phi) is 2.82. The maximum Gasteiger partial charge on any atom is 0.189 e. The van der Waals surface area contributed by atoms with Crippen molar-refractivity contribution < 1.29 is 9.90 Å². The topological polar surface area (TPSA) is 66.0 Å². The highest BCUT2D eigenvalue weighted by molar-refractivity contribution is 6.08. The van der Waals surface area contributed by atoms with Gasteiger partial charge in [-0.05, 0) is 24.3 Å². The first kappa shape index (κ1) is 10.2. The number of rotatable bonds is 3. The second-order valence-electron chi connectivity index (χ2n) is 3.19. The second-order valence-corrected chi connectivity index (χ2v) is 3.19. The summed E-state index contributed by atoms with van der Waals surface area (Å²) in [6.45, 7) is 0. The Morgan fingerprint density at radius 2 is 2.19 bits per heavy atom. The number of H-pyrrole nitrogens is 1. The van der Waals surface area contributed by atoms with Crippen LogP contribution in [-0.4, -0.2) is 20.9 Å². The molecule has 0 saturated carbocycles. The lowest BCUT2D eigenvalue weighted by Gasteiger charge is -1.98. The van der Waals surface area contributed by atoms with Crippen molar-refractivity contribution in [1.29, 1.82) is 0 Å². The molecule has 0 atom stereocenters. The Morgan fingerprint density at radius 3 is 2.88 bits per heavy atom. The summed E-state index contributed by atoms with van der Waals surface area (Å²) in [6.07, 6.45) is 6.21. The third-order valence-corrected chi connectivity index (χ3v) is 2.08. The molecule has 2 aromatic rings. The van der Waals surface area contributed by atoms with Gasteiger partial charge in [0.05, 0.1) is 5.56 Å². The molecule has 1 aromatic carbocycles. The van der Waals surface area contributed by atoms with Crippen LogP contribution in [0.3, 0.4) is 0 Å². The Morgan fingerprint density at radius 1 is 1.38 bits per heavy atom. The quantitative estimate of drug-likeness (QED) is 0.606. The van der Waals surface area contributed by atoms with E-state index in [1.807, 2.05) is 0 Å². The number of para-hydroxylation sites is 1. The van der Waals surface area contributed by atoms with Crippen LogP contribution in [0.25, 0.3) is 6.08 Å². The first-order valence-corrected chi connectivity index (χ1v) is 4.77. The van der Waals surface area contributed by atoms with Crippen LogP contribution in [0.2, 0.25) is 0 Å². The Hall–Kier alpha value is -2.36. The summed E-state index contributed by atoms with van der Waals surface area (Å²) < 4.78 is 0. The minimum atomic E-state index is -0.255. The highest BCUT2D eigenvalue weighted by Gasteiger charge is 2.06. The lowest BCUT2D eigenvalue weighted by Crippen LogP contribution is -1.94. The number of allylic oxidation sites excluding steroid dienone is 1. The van der Waals surface area contributed by atoms with Crippen LogP contribution in [0.1, 0.15) is 16.2 Å². The van der Waals surface area contributed by atoms with E-state index in [1.54, 1.807) is 36.7 Å². The van der Waals surface area contributed by atoms with E-state index >= 15 is 0 Å². The molecule has 0 bridgehead atoms. The zero-order chi connectivity index (χ0) is 11.4. The summed E-state index contributed by atoms with van der Waals surface area (Å²) in [4.78, 5) is 18.5. The third kappa shape index (κ3) is 2.17. The largest absolute Gasteiger partial charge is 0.507 e. The van der Waals surface area contributed by atoms with Gasteiger partial charge in [0.15, 0.2) is 5.78 Å². The van der Waals surface area contributed by atoms with Gasteiger partial charge in [-0.15, -0.1) is 0 Å². The number of nitrogens with one attached hydrogen (secondary N) is 1. The van der Waals surface area contributed by atoms with Crippen LogP contribution in [0.5, 0.6) is 5.75 Å². The number of carbonyl (C=O) groups excluding carboxylic acids is 1. The van der Waals surface area contributed by atoms with E-state index in [-0.39, 0.29) is 17.1 Å². The van der Waals surface area contributed by atoms with Crippen molar-refractivity contribution in [2.75, 3.05) is 0 Å². The molecule has 16 heavy (non-hydrogen) atoms. The van der Waals surface area contributed by atoms with E-state index in [0.717, 1.165) is 0 Å². The van der Waals surface area contributed by atoms with E-state index in [0.29, 0.717) is 5.82 Å². The first-order valence-electron chi connectivity index (χ1n) is 4.77. The Balaban J connectivity index is 2.18. The lowest BCUT2D eigenvalue weighted by atomic mass is 10.1. The Bertz CT molecular complexity index is 516. The van der Waals surface area contributed by atoms with Crippen molar-refractivity contribution in [3.05, 3.63) is 54.1 Å². The minimum absolute atomic E-state index is 0.0170. The molecule has 0 spiro atoms. The summed E-state index contributed by atoms with van der Waals surface area (Å²) in [5.41, 5.74) is 0.283. The molecular weight excluding hydrogens is 204 g/mol. The van der Waals surface area contributed by atoms with Gasteiger partial charge >= 0.3 is 0 Å². The van der Waals surface area contributed by atoms with Crippen molar-refractivity contribution in [2.45, 2.75) is 0 Å². The van der Waals surface area contributed by atoms with Gasteiger partial charge in [0, 0.05) is 12.4 Å². The molecule has 80 valence electrons. The van der Waals surface area contributed by atoms with Crippen LogP contribution < -0.4 is 0 Å². The van der Waals surface area contributed by atoms with E-state index in [4.69, 9.17) is 0 Å². The van der Waals surface area contributed by atoms with Crippen LogP contribution in [0.4, 0.5) is 0 Å². The number of hydrogen-bond donors (Lipinski definition) is 2. The molecule has 2 rings (SSSR count).